The van der Waals surface area contributed by atoms with E-state index >= 15 is 0 Å². The van der Waals surface area contributed by atoms with Crippen LogP contribution in [0.15, 0.2) is 24.3 Å². The predicted octanol–water partition coefficient (Wildman–Crippen LogP) is 1.54. The number of carbonyl (C=O) groups is 1. The van der Waals surface area contributed by atoms with Crippen molar-refractivity contribution in [2.75, 3.05) is 20.2 Å². The van der Waals surface area contributed by atoms with Crippen molar-refractivity contribution in [3.8, 4) is 0 Å². The van der Waals surface area contributed by atoms with Crippen LogP contribution < -0.4 is 10.6 Å². The lowest BCUT2D eigenvalue weighted by Crippen LogP contribution is -2.47. The van der Waals surface area contributed by atoms with E-state index in [9.17, 15) is 9.90 Å². The standard InChI is InChI=1S/C16H24N2O3/c1-15(2,21-3)10-17-14(19)18-11-16(20)9-8-12-6-4-5-7-13(12)16/h4-7,20H,8-11H2,1-3H3,(H2,17,18,19). The van der Waals surface area contributed by atoms with Gasteiger partial charge < -0.3 is 20.5 Å². The zero-order valence-corrected chi connectivity index (χ0v) is 12.9. The van der Waals surface area contributed by atoms with Crippen LogP contribution in [0, 0.1) is 0 Å². The van der Waals surface area contributed by atoms with Gasteiger partial charge in [0.1, 0.15) is 5.60 Å². The molecule has 1 atom stereocenters. The third-order valence-corrected chi connectivity index (χ3v) is 4.10. The normalized spacial score (nSPS) is 21.0. The van der Waals surface area contributed by atoms with E-state index in [2.05, 4.69) is 10.6 Å². The summed E-state index contributed by atoms with van der Waals surface area (Å²) in [5.41, 5.74) is 0.698. The fourth-order valence-electron chi connectivity index (χ4n) is 2.51. The van der Waals surface area contributed by atoms with Crippen molar-refractivity contribution in [1.29, 1.82) is 0 Å². The molecule has 0 saturated carbocycles. The molecule has 5 nitrogen and oxygen atoms in total. The van der Waals surface area contributed by atoms with Gasteiger partial charge in [-0.25, -0.2) is 4.79 Å². The van der Waals surface area contributed by atoms with Gasteiger partial charge in [-0.15, -0.1) is 0 Å². The first kappa shape index (κ1) is 15.8. The second kappa shape index (κ2) is 6.03. The molecular weight excluding hydrogens is 268 g/mol. The smallest absolute Gasteiger partial charge is 0.315 e. The number of hydrogen-bond donors (Lipinski definition) is 3. The first-order valence-corrected chi connectivity index (χ1v) is 7.24. The predicted molar refractivity (Wildman–Crippen MR) is 81.1 cm³/mol. The number of urea groups is 1. The lowest BCUT2D eigenvalue weighted by Gasteiger charge is -2.26. The summed E-state index contributed by atoms with van der Waals surface area (Å²) in [5.74, 6) is 0. The van der Waals surface area contributed by atoms with Crippen LogP contribution in [0.1, 0.15) is 31.4 Å². The van der Waals surface area contributed by atoms with Gasteiger partial charge in [-0.3, -0.25) is 0 Å². The van der Waals surface area contributed by atoms with Crippen molar-refractivity contribution >= 4 is 6.03 Å². The molecule has 0 saturated heterocycles. The van der Waals surface area contributed by atoms with E-state index in [1.54, 1.807) is 7.11 Å². The maximum absolute atomic E-state index is 11.8. The van der Waals surface area contributed by atoms with E-state index in [0.29, 0.717) is 13.0 Å². The van der Waals surface area contributed by atoms with E-state index in [1.807, 2.05) is 38.1 Å². The summed E-state index contributed by atoms with van der Waals surface area (Å²) in [7, 11) is 1.61. The van der Waals surface area contributed by atoms with Gasteiger partial charge in [0.05, 0.1) is 12.1 Å². The van der Waals surface area contributed by atoms with Crippen LogP contribution in [0.5, 0.6) is 0 Å². The van der Waals surface area contributed by atoms with Crippen LogP contribution in [0.25, 0.3) is 0 Å². The minimum absolute atomic E-state index is 0.212. The van der Waals surface area contributed by atoms with Crippen molar-refractivity contribution in [2.24, 2.45) is 0 Å². The topological polar surface area (TPSA) is 70.6 Å². The second-order valence-electron chi connectivity index (χ2n) is 6.19. The largest absolute Gasteiger partial charge is 0.383 e. The van der Waals surface area contributed by atoms with Gasteiger partial charge in [0.2, 0.25) is 0 Å². The molecule has 0 fully saturated rings. The molecule has 1 aliphatic carbocycles. The fourth-order valence-corrected chi connectivity index (χ4v) is 2.51. The summed E-state index contributed by atoms with van der Waals surface area (Å²) >= 11 is 0. The Bertz CT molecular complexity index is 516. The highest BCUT2D eigenvalue weighted by Crippen LogP contribution is 2.36. The summed E-state index contributed by atoms with van der Waals surface area (Å²) in [6.45, 7) is 4.41. The molecule has 5 heteroatoms. The zero-order valence-electron chi connectivity index (χ0n) is 12.9. The lowest BCUT2D eigenvalue weighted by atomic mass is 9.96. The molecule has 2 amide bonds. The fraction of sp³-hybridized carbons (Fsp3) is 0.562. The van der Waals surface area contributed by atoms with Crippen molar-refractivity contribution in [3.05, 3.63) is 35.4 Å². The van der Waals surface area contributed by atoms with Gasteiger partial charge in [-0.1, -0.05) is 24.3 Å². The van der Waals surface area contributed by atoms with Gasteiger partial charge in [0, 0.05) is 13.7 Å². The Balaban J connectivity index is 1.88. The second-order valence-corrected chi connectivity index (χ2v) is 6.19. The van der Waals surface area contributed by atoms with E-state index in [-0.39, 0.29) is 12.6 Å². The van der Waals surface area contributed by atoms with Gasteiger partial charge in [0.15, 0.2) is 0 Å². The molecule has 0 radical (unpaired) electrons. The highest BCUT2D eigenvalue weighted by molar-refractivity contribution is 5.74. The Kier molecular flexibility index (Phi) is 4.54. The molecule has 0 aromatic heterocycles. The quantitative estimate of drug-likeness (QED) is 0.771. The summed E-state index contributed by atoms with van der Waals surface area (Å²) in [6.07, 6.45) is 1.48. The Labute approximate surface area is 125 Å². The van der Waals surface area contributed by atoms with Crippen LogP contribution >= 0.6 is 0 Å². The summed E-state index contributed by atoms with van der Waals surface area (Å²) < 4.78 is 5.24. The number of methoxy groups -OCH3 is 1. The zero-order chi connectivity index (χ0) is 15.5. The average Bonchev–Trinajstić information content (AvgIpc) is 2.82. The number of hydrogen-bond acceptors (Lipinski definition) is 3. The molecule has 1 unspecified atom stereocenters. The number of ether oxygens (including phenoxy) is 1. The Hall–Kier alpha value is -1.59. The first-order valence-electron chi connectivity index (χ1n) is 7.24. The van der Waals surface area contributed by atoms with Gasteiger partial charge >= 0.3 is 6.03 Å². The summed E-state index contributed by atoms with van der Waals surface area (Å²) in [6, 6.07) is 7.54. The highest BCUT2D eigenvalue weighted by Gasteiger charge is 2.36. The van der Waals surface area contributed by atoms with Crippen molar-refractivity contribution in [1.82, 2.24) is 10.6 Å². The number of rotatable bonds is 5. The third-order valence-electron chi connectivity index (χ3n) is 4.10. The summed E-state index contributed by atoms with van der Waals surface area (Å²) in [4.78, 5) is 11.8. The van der Waals surface area contributed by atoms with Crippen molar-refractivity contribution in [2.45, 2.75) is 37.9 Å². The van der Waals surface area contributed by atoms with E-state index in [4.69, 9.17) is 4.74 Å². The lowest BCUT2D eigenvalue weighted by molar-refractivity contribution is 0.0242. The van der Waals surface area contributed by atoms with Crippen molar-refractivity contribution < 1.29 is 14.6 Å². The monoisotopic (exact) mass is 292 g/mol. The number of aliphatic hydroxyl groups is 1. The number of fused-ring (bicyclic) bond motifs is 1. The highest BCUT2D eigenvalue weighted by atomic mass is 16.5. The Morgan fingerprint density at radius 1 is 1.38 bits per heavy atom. The maximum Gasteiger partial charge on any atom is 0.315 e. The number of aryl methyl sites for hydroxylation is 1. The molecule has 3 N–H and O–H groups in total. The van der Waals surface area contributed by atoms with Gasteiger partial charge in [-0.2, -0.15) is 0 Å². The van der Waals surface area contributed by atoms with Gasteiger partial charge in [0.25, 0.3) is 0 Å². The van der Waals surface area contributed by atoms with E-state index in [1.165, 1.54) is 0 Å². The van der Waals surface area contributed by atoms with Crippen LogP contribution in [-0.4, -0.2) is 36.9 Å². The molecule has 1 aromatic carbocycles. The Morgan fingerprint density at radius 3 is 2.81 bits per heavy atom. The SMILES string of the molecule is COC(C)(C)CNC(=O)NCC1(O)CCc2ccccc21. The Morgan fingerprint density at radius 2 is 2.10 bits per heavy atom. The maximum atomic E-state index is 11.8. The number of nitrogens with one attached hydrogen (secondary N) is 2. The minimum Gasteiger partial charge on any atom is -0.383 e. The minimum atomic E-state index is -0.968. The van der Waals surface area contributed by atoms with Crippen LogP contribution in [0.3, 0.4) is 0 Å². The number of carbonyl (C=O) groups excluding carboxylic acids is 1. The molecule has 1 aliphatic rings. The molecule has 0 heterocycles. The molecule has 0 bridgehead atoms. The number of benzene rings is 1. The van der Waals surface area contributed by atoms with Crippen LogP contribution in [0.4, 0.5) is 4.79 Å². The van der Waals surface area contributed by atoms with E-state index in [0.717, 1.165) is 17.5 Å². The third kappa shape index (κ3) is 3.74. The molecule has 0 aliphatic heterocycles. The first-order chi connectivity index (χ1) is 9.86. The van der Waals surface area contributed by atoms with Crippen molar-refractivity contribution in [3.63, 3.8) is 0 Å². The van der Waals surface area contributed by atoms with Crippen LogP contribution in [-0.2, 0) is 16.8 Å². The molecule has 0 spiro atoms. The number of amides is 2. The average molecular weight is 292 g/mol. The molecule has 21 heavy (non-hydrogen) atoms. The molecule has 116 valence electrons. The molecule has 2 rings (SSSR count). The molecular formula is C16H24N2O3. The van der Waals surface area contributed by atoms with Crippen LogP contribution in [0.2, 0.25) is 0 Å². The van der Waals surface area contributed by atoms with E-state index < -0.39 is 11.2 Å². The molecule has 1 aromatic rings. The summed E-state index contributed by atoms with van der Waals surface area (Å²) in [5, 5.41) is 16.2. The van der Waals surface area contributed by atoms with Gasteiger partial charge in [-0.05, 0) is 37.8 Å².